The van der Waals surface area contributed by atoms with Crippen LogP contribution in [-0.2, 0) is 0 Å². The van der Waals surface area contributed by atoms with E-state index in [-0.39, 0.29) is 0 Å². The topological polar surface area (TPSA) is 0 Å². The molecule has 7 heavy (non-hydrogen) atoms. The number of hydrogen-bond acceptors (Lipinski definition) is 0. The van der Waals surface area contributed by atoms with Gasteiger partial charge in [0.1, 0.15) is 0 Å². The lowest BCUT2D eigenvalue weighted by molar-refractivity contribution is 1.20. The van der Waals surface area contributed by atoms with E-state index in [2.05, 4.69) is 12.8 Å². The molecule has 0 amide bonds. The van der Waals surface area contributed by atoms with Crippen molar-refractivity contribution in [3.05, 3.63) is 11.6 Å². The van der Waals surface area contributed by atoms with Crippen LogP contribution in [0.1, 0.15) is 20.3 Å². The Hall–Kier alpha value is -0.700. The summed E-state index contributed by atoms with van der Waals surface area (Å²) >= 11 is 0. The predicted octanol–water partition coefficient (Wildman–Crippen LogP) is 1.98. The van der Waals surface area contributed by atoms with E-state index >= 15 is 0 Å². The van der Waals surface area contributed by atoms with E-state index in [4.69, 9.17) is 6.42 Å². The van der Waals surface area contributed by atoms with Gasteiger partial charge in [-0.15, -0.1) is 6.42 Å². The van der Waals surface area contributed by atoms with E-state index in [1.807, 2.05) is 13.0 Å². The molecule has 0 aromatic rings. The summed E-state index contributed by atoms with van der Waals surface area (Å²) in [4.78, 5) is 0. The molecule has 0 aliphatic carbocycles. The summed E-state index contributed by atoms with van der Waals surface area (Å²) < 4.78 is 0. The van der Waals surface area contributed by atoms with Crippen molar-refractivity contribution in [1.29, 1.82) is 0 Å². The highest BCUT2D eigenvalue weighted by molar-refractivity contribution is 5.21. The molecule has 0 rings (SSSR count). The molecule has 0 heterocycles. The minimum absolute atomic E-state index is 1.03. The lowest BCUT2D eigenvalue weighted by Gasteiger charge is -1.80. The Balaban J connectivity index is 3.57. The molecule has 0 saturated carbocycles. The molecule has 0 aromatic carbocycles. The molecule has 0 atom stereocenters. The molecule has 0 heteroatoms. The van der Waals surface area contributed by atoms with E-state index in [9.17, 15) is 0 Å². The third-order valence-electron chi connectivity index (χ3n) is 0.738. The van der Waals surface area contributed by atoms with Crippen molar-refractivity contribution in [2.24, 2.45) is 0 Å². The van der Waals surface area contributed by atoms with Crippen molar-refractivity contribution in [3.8, 4) is 12.3 Å². The molecular formula is C7H10. The van der Waals surface area contributed by atoms with Crippen molar-refractivity contribution < 1.29 is 0 Å². The van der Waals surface area contributed by atoms with Crippen LogP contribution in [0.3, 0.4) is 0 Å². The Morgan fingerprint density at radius 2 is 2.43 bits per heavy atom. The van der Waals surface area contributed by atoms with Gasteiger partial charge in [0, 0.05) is 0 Å². The summed E-state index contributed by atoms with van der Waals surface area (Å²) in [6.45, 7) is 4.00. The van der Waals surface area contributed by atoms with Gasteiger partial charge < -0.3 is 0 Å². The van der Waals surface area contributed by atoms with Crippen molar-refractivity contribution in [1.82, 2.24) is 0 Å². The third-order valence-corrected chi connectivity index (χ3v) is 0.738. The Kier molecular flexibility index (Phi) is 3.14. The van der Waals surface area contributed by atoms with E-state index < -0.39 is 0 Å². The van der Waals surface area contributed by atoms with E-state index in [0.29, 0.717) is 0 Å². The Labute approximate surface area is 45.2 Å². The summed E-state index contributed by atoms with van der Waals surface area (Å²) in [5.41, 5.74) is 1.03. The molecule has 0 aliphatic rings. The molecule has 0 fully saturated rings. The van der Waals surface area contributed by atoms with Crippen molar-refractivity contribution in [2.75, 3.05) is 0 Å². The summed E-state index contributed by atoms with van der Waals surface area (Å²) in [6, 6.07) is 0. The van der Waals surface area contributed by atoms with Gasteiger partial charge in [0.25, 0.3) is 0 Å². The van der Waals surface area contributed by atoms with Gasteiger partial charge in [0.05, 0.1) is 0 Å². The lowest BCUT2D eigenvalue weighted by Crippen LogP contribution is -1.63. The molecule has 0 aromatic heterocycles. The van der Waals surface area contributed by atoms with Gasteiger partial charge in [-0.05, 0) is 18.9 Å². The molecule has 0 N–H and O–H groups in total. The minimum Gasteiger partial charge on any atom is -0.115 e. The normalized spacial score (nSPS) is 10.7. The molecule has 0 bridgehead atoms. The zero-order chi connectivity index (χ0) is 5.70. The average molecular weight is 94.2 g/mol. The van der Waals surface area contributed by atoms with Gasteiger partial charge >= 0.3 is 0 Å². The fourth-order valence-electron chi connectivity index (χ4n) is 0.365. The quantitative estimate of drug-likeness (QED) is 0.436. The van der Waals surface area contributed by atoms with Gasteiger partial charge in [-0.1, -0.05) is 18.9 Å². The van der Waals surface area contributed by atoms with Crippen LogP contribution in [0.15, 0.2) is 11.6 Å². The summed E-state index contributed by atoms with van der Waals surface area (Å²) in [5.74, 6) is 2.53. The van der Waals surface area contributed by atoms with Crippen molar-refractivity contribution in [2.45, 2.75) is 20.3 Å². The second-order valence-corrected chi connectivity index (χ2v) is 1.44. The standard InChI is InChI=1S/C7H10/c1-4-6-7(3)5-2/h2,6H,4H2,1,3H3/b7-6+. The fraction of sp³-hybridized carbons (Fsp3) is 0.429. The van der Waals surface area contributed by atoms with Crippen LogP contribution >= 0.6 is 0 Å². The SMILES string of the molecule is C#C/C(C)=C/CC. The highest BCUT2D eigenvalue weighted by atomic mass is 13.8. The van der Waals surface area contributed by atoms with Gasteiger partial charge in [0.2, 0.25) is 0 Å². The second kappa shape index (κ2) is 3.49. The smallest absolute Gasteiger partial charge is 0.00534 e. The first-order valence-electron chi connectivity index (χ1n) is 2.44. The van der Waals surface area contributed by atoms with Gasteiger partial charge in [-0.25, -0.2) is 0 Å². The van der Waals surface area contributed by atoms with Gasteiger partial charge in [-0.2, -0.15) is 0 Å². The monoisotopic (exact) mass is 94.1 g/mol. The molecule has 0 radical (unpaired) electrons. The second-order valence-electron chi connectivity index (χ2n) is 1.44. The molecule has 0 nitrogen and oxygen atoms in total. The van der Waals surface area contributed by atoms with E-state index in [1.54, 1.807) is 0 Å². The molecule has 0 aliphatic heterocycles. The molecule has 0 spiro atoms. The van der Waals surface area contributed by atoms with Crippen LogP contribution in [0.4, 0.5) is 0 Å². The number of hydrogen-bond donors (Lipinski definition) is 0. The van der Waals surface area contributed by atoms with Crippen molar-refractivity contribution >= 4 is 0 Å². The summed E-state index contributed by atoms with van der Waals surface area (Å²) in [6.07, 6.45) is 8.11. The van der Waals surface area contributed by atoms with Crippen LogP contribution in [0, 0.1) is 12.3 Å². The number of allylic oxidation sites excluding steroid dienone is 2. The maximum absolute atomic E-state index is 5.04. The zero-order valence-corrected chi connectivity index (χ0v) is 4.86. The first-order valence-corrected chi connectivity index (χ1v) is 2.44. The van der Waals surface area contributed by atoms with E-state index in [0.717, 1.165) is 12.0 Å². The highest BCUT2D eigenvalue weighted by Crippen LogP contribution is 1.89. The summed E-state index contributed by atoms with van der Waals surface area (Å²) in [5, 5.41) is 0. The van der Waals surface area contributed by atoms with Crippen LogP contribution < -0.4 is 0 Å². The lowest BCUT2D eigenvalue weighted by atomic mass is 10.3. The van der Waals surface area contributed by atoms with Crippen molar-refractivity contribution in [3.63, 3.8) is 0 Å². The van der Waals surface area contributed by atoms with Gasteiger partial charge in [-0.3, -0.25) is 0 Å². The van der Waals surface area contributed by atoms with Crippen LogP contribution in [0.2, 0.25) is 0 Å². The molecule has 38 valence electrons. The molecule has 0 saturated heterocycles. The Morgan fingerprint density at radius 3 is 2.57 bits per heavy atom. The van der Waals surface area contributed by atoms with E-state index in [1.165, 1.54) is 0 Å². The summed E-state index contributed by atoms with van der Waals surface area (Å²) in [7, 11) is 0. The van der Waals surface area contributed by atoms with Crippen LogP contribution in [0.5, 0.6) is 0 Å². The van der Waals surface area contributed by atoms with Crippen LogP contribution in [-0.4, -0.2) is 0 Å². The fourth-order valence-corrected chi connectivity index (χ4v) is 0.365. The average Bonchev–Trinajstić information content (AvgIpc) is 1.68. The van der Waals surface area contributed by atoms with Crippen LogP contribution in [0.25, 0.3) is 0 Å². The third kappa shape index (κ3) is 3.12. The number of terminal acetylenes is 1. The maximum atomic E-state index is 5.04. The number of rotatable bonds is 1. The largest absolute Gasteiger partial charge is 0.115 e. The first kappa shape index (κ1) is 6.30. The molecular weight excluding hydrogens is 84.1 g/mol. The Bertz CT molecular complexity index is 102. The van der Waals surface area contributed by atoms with Gasteiger partial charge in [0.15, 0.2) is 0 Å². The Morgan fingerprint density at radius 1 is 1.86 bits per heavy atom. The first-order chi connectivity index (χ1) is 3.31. The molecule has 0 unspecified atom stereocenters. The predicted molar refractivity (Wildman–Crippen MR) is 32.9 cm³/mol. The highest BCUT2D eigenvalue weighted by Gasteiger charge is 1.72. The zero-order valence-electron chi connectivity index (χ0n) is 4.86. The minimum atomic E-state index is 1.03. The maximum Gasteiger partial charge on any atom is -0.00534 e.